The van der Waals surface area contributed by atoms with Gasteiger partial charge < -0.3 is 9.84 Å². The number of amides is 1. The van der Waals surface area contributed by atoms with Crippen molar-refractivity contribution in [3.05, 3.63) is 42.2 Å². The van der Waals surface area contributed by atoms with Crippen LogP contribution in [0, 0.1) is 0 Å². The number of nitrogens with zero attached hydrogens (tertiary/aromatic N) is 4. The van der Waals surface area contributed by atoms with E-state index >= 15 is 0 Å². The molecule has 1 aromatic carbocycles. The molecule has 4 rings (SSSR count). The Kier molecular flexibility index (Phi) is 6.46. The fourth-order valence-corrected chi connectivity index (χ4v) is 4.75. The number of hydrogen-bond acceptors (Lipinski definition) is 6. The Balaban J connectivity index is 1.57. The quantitative estimate of drug-likeness (QED) is 0.513. The molecule has 1 aliphatic rings. The van der Waals surface area contributed by atoms with Crippen LogP contribution in [0.3, 0.4) is 0 Å². The lowest BCUT2D eigenvalue weighted by atomic mass is 9.86. The largest absolute Gasteiger partial charge is 0.363 e. The summed E-state index contributed by atoms with van der Waals surface area (Å²) in [5.74, 6) is 1.39. The highest BCUT2D eigenvalue weighted by Gasteiger charge is 2.25. The zero-order chi connectivity index (χ0) is 21.8. The van der Waals surface area contributed by atoms with Crippen molar-refractivity contribution in [2.45, 2.75) is 69.5 Å². The number of nitrogens with one attached hydrogen (secondary N) is 1. The molecule has 0 atom stereocenters. The van der Waals surface area contributed by atoms with Crippen LogP contribution in [0.1, 0.15) is 64.5 Å². The third-order valence-corrected chi connectivity index (χ3v) is 6.59. The van der Waals surface area contributed by atoms with E-state index in [2.05, 4.69) is 70.3 Å². The summed E-state index contributed by atoms with van der Waals surface area (Å²) in [6, 6.07) is 10.6. The molecule has 0 unspecified atom stereocenters. The van der Waals surface area contributed by atoms with E-state index in [0.717, 1.165) is 29.4 Å². The minimum absolute atomic E-state index is 0.105. The summed E-state index contributed by atoms with van der Waals surface area (Å²) in [5, 5.41) is 16.2. The molecule has 2 heterocycles. The standard InChI is InChI=1S/C23H29N5O2S/c1-23(2,3)17-11-9-16(10-12-17)21-25-26-22(28(21)18-7-5-4-6-8-18)31-15-20(29)24-19-13-14-30-27-19/h9-14,18H,4-8,15H2,1-3H3,(H,24,27,29). The predicted octanol–water partition coefficient (Wildman–Crippen LogP) is 5.47. The first-order valence-electron chi connectivity index (χ1n) is 10.8. The molecule has 2 aromatic heterocycles. The number of carbonyl (C=O) groups is 1. The lowest BCUT2D eigenvalue weighted by Gasteiger charge is -2.26. The Morgan fingerprint density at radius 2 is 1.87 bits per heavy atom. The van der Waals surface area contributed by atoms with Crippen molar-refractivity contribution in [2.75, 3.05) is 11.1 Å². The van der Waals surface area contributed by atoms with Gasteiger partial charge in [-0.25, -0.2) is 0 Å². The molecule has 1 fully saturated rings. The van der Waals surface area contributed by atoms with Crippen molar-refractivity contribution in [1.29, 1.82) is 0 Å². The van der Waals surface area contributed by atoms with E-state index in [9.17, 15) is 4.79 Å². The van der Waals surface area contributed by atoms with Gasteiger partial charge in [-0.2, -0.15) is 0 Å². The summed E-state index contributed by atoms with van der Waals surface area (Å²) in [6.45, 7) is 6.64. The van der Waals surface area contributed by atoms with Crippen LogP contribution in [-0.4, -0.2) is 31.6 Å². The van der Waals surface area contributed by atoms with Crippen molar-refractivity contribution in [1.82, 2.24) is 19.9 Å². The Labute approximate surface area is 187 Å². The summed E-state index contributed by atoms with van der Waals surface area (Å²) in [4.78, 5) is 12.3. The van der Waals surface area contributed by atoms with E-state index in [1.807, 2.05) is 0 Å². The Bertz CT molecular complexity index is 1000. The number of rotatable bonds is 6. The molecule has 1 saturated carbocycles. The second-order valence-corrected chi connectivity index (χ2v) is 9.96. The maximum Gasteiger partial charge on any atom is 0.236 e. The molecule has 0 bridgehead atoms. The van der Waals surface area contributed by atoms with Gasteiger partial charge in [0, 0.05) is 17.7 Å². The summed E-state index contributed by atoms with van der Waals surface area (Å²) < 4.78 is 7.01. The molecular weight excluding hydrogens is 410 g/mol. The van der Waals surface area contributed by atoms with Gasteiger partial charge in [0.15, 0.2) is 16.8 Å². The first kappa shape index (κ1) is 21.6. The molecule has 0 saturated heterocycles. The molecule has 1 aliphatic carbocycles. The molecule has 0 aliphatic heterocycles. The SMILES string of the molecule is CC(C)(C)c1ccc(-c2nnc(SCC(=O)Nc3ccon3)n2C2CCCCC2)cc1. The average molecular weight is 440 g/mol. The van der Waals surface area contributed by atoms with Crippen LogP contribution in [0.5, 0.6) is 0 Å². The highest BCUT2D eigenvalue weighted by atomic mass is 32.2. The number of thioether (sulfide) groups is 1. The van der Waals surface area contributed by atoms with E-state index in [1.54, 1.807) is 6.07 Å². The van der Waals surface area contributed by atoms with Gasteiger partial charge in [-0.1, -0.05) is 81.2 Å². The molecule has 31 heavy (non-hydrogen) atoms. The van der Waals surface area contributed by atoms with Crippen LogP contribution < -0.4 is 5.32 Å². The summed E-state index contributed by atoms with van der Waals surface area (Å²) in [5.41, 5.74) is 2.46. The maximum absolute atomic E-state index is 12.3. The maximum atomic E-state index is 12.3. The van der Waals surface area contributed by atoms with Gasteiger partial charge >= 0.3 is 0 Å². The van der Waals surface area contributed by atoms with Crippen LogP contribution >= 0.6 is 11.8 Å². The molecule has 1 amide bonds. The predicted molar refractivity (Wildman–Crippen MR) is 122 cm³/mol. The van der Waals surface area contributed by atoms with Gasteiger partial charge in [-0.05, 0) is 23.8 Å². The van der Waals surface area contributed by atoms with E-state index in [-0.39, 0.29) is 17.1 Å². The van der Waals surface area contributed by atoms with E-state index in [1.165, 1.54) is 42.9 Å². The highest BCUT2D eigenvalue weighted by molar-refractivity contribution is 7.99. The van der Waals surface area contributed by atoms with Gasteiger partial charge in [0.25, 0.3) is 0 Å². The summed E-state index contributed by atoms with van der Waals surface area (Å²) in [6.07, 6.45) is 7.36. The summed E-state index contributed by atoms with van der Waals surface area (Å²) >= 11 is 1.41. The average Bonchev–Trinajstić information content (AvgIpc) is 3.42. The highest BCUT2D eigenvalue weighted by Crippen LogP contribution is 2.36. The number of carbonyl (C=O) groups excluding carboxylic acids is 1. The topological polar surface area (TPSA) is 85.8 Å². The molecule has 7 nitrogen and oxygen atoms in total. The molecule has 164 valence electrons. The minimum atomic E-state index is -0.145. The van der Waals surface area contributed by atoms with Gasteiger partial charge in [0.1, 0.15) is 6.26 Å². The molecule has 0 spiro atoms. The number of anilines is 1. The van der Waals surface area contributed by atoms with Crippen LogP contribution in [-0.2, 0) is 10.2 Å². The number of aromatic nitrogens is 4. The Morgan fingerprint density at radius 3 is 2.52 bits per heavy atom. The second kappa shape index (κ2) is 9.26. The molecule has 0 radical (unpaired) electrons. The van der Waals surface area contributed by atoms with Gasteiger partial charge in [0.2, 0.25) is 5.91 Å². The van der Waals surface area contributed by atoms with Gasteiger partial charge in [-0.15, -0.1) is 10.2 Å². The van der Waals surface area contributed by atoms with E-state index in [4.69, 9.17) is 4.52 Å². The normalized spacial score (nSPS) is 15.2. The van der Waals surface area contributed by atoms with Crippen LogP contribution in [0.4, 0.5) is 5.82 Å². The van der Waals surface area contributed by atoms with Crippen molar-refractivity contribution < 1.29 is 9.32 Å². The monoisotopic (exact) mass is 439 g/mol. The molecule has 8 heteroatoms. The first-order chi connectivity index (χ1) is 14.9. The zero-order valence-corrected chi connectivity index (χ0v) is 19.1. The second-order valence-electron chi connectivity index (χ2n) is 9.02. The van der Waals surface area contributed by atoms with E-state index < -0.39 is 0 Å². The molecule has 1 N–H and O–H groups in total. The third-order valence-electron chi connectivity index (χ3n) is 5.65. The van der Waals surface area contributed by atoms with Crippen molar-refractivity contribution in [2.24, 2.45) is 0 Å². The Hall–Kier alpha value is -2.61. The van der Waals surface area contributed by atoms with Crippen LogP contribution in [0.15, 0.2) is 46.3 Å². The van der Waals surface area contributed by atoms with Gasteiger partial charge in [0.05, 0.1) is 5.75 Å². The van der Waals surface area contributed by atoms with Crippen molar-refractivity contribution >= 4 is 23.5 Å². The number of hydrogen-bond donors (Lipinski definition) is 1. The van der Waals surface area contributed by atoms with Crippen molar-refractivity contribution in [3.63, 3.8) is 0 Å². The van der Waals surface area contributed by atoms with E-state index in [0.29, 0.717) is 11.9 Å². The fourth-order valence-electron chi connectivity index (χ4n) is 3.95. The summed E-state index contributed by atoms with van der Waals surface area (Å²) in [7, 11) is 0. The van der Waals surface area contributed by atoms with Crippen LogP contribution in [0.25, 0.3) is 11.4 Å². The fraction of sp³-hybridized carbons (Fsp3) is 0.478. The molecule has 3 aromatic rings. The van der Waals surface area contributed by atoms with Crippen molar-refractivity contribution in [3.8, 4) is 11.4 Å². The Morgan fingerprint density at radius 1 is 1.13 bits per heavy atom. The van der Waals surface area contributed by atoms with Crippen LogP contribution in [0.2, 0.25) is 0 Å². The minimum Gasteiger partial charge on any atom is -0.363 e. The lowest BCUT2D eigenvalue weighted by Crippen LogP contribution is -2.17. The first-order valence-corrected chi connectivity index (χ1v) is 11.8. The molecular formula is C23H29N5O2S. The van der Waals surface area contributed by atoms with Gasteiger partial charge in [-0.3, -0.25) is 9.36 Å². The zero-order valence-electron chi connectivity index (χ0n) is 18.3. The smallest absolute Gasteiger partial charge is 0.236 e. The number of benzene rings is 1. The third kappa shape index (κ3) is 5.18. The lowest BCUT2D eigenvalue weighted by molar-refractivity contribution is -0.113.